The van der Waals surface area contributed by atoms with Gasteiger partial charge in [0, 0.05) is 20.1 Å². The largest absolute Gasteiger partial charge is 0.496 e. The van der Waals surface area contributed by atoms with Gasteiger partial charge >= 0.3 is 0 Å². The Morgan fingerprint density at radius 2 is 2.00 bits per heavy atom. The van der Waals surface area contributed by atoms with E-state index in [0.29, 0.717) is 11.8 Å². The Labute approximate surface area is 158 Å². The van der Waals surface area contributed by atoms with Gasteiger partial charge in [0.05, 0.1) is 18.4 Å². The zero-order valence-electron chi connectivity index (χ0n) is 15.6. The van der Waals surface area contributed by atoms with Gasteiger partial charge in [-0.25, -0.2) is 0 Å². The van der Waals surface area contributed by atoms with Crippen LogP contribution < -0.4 is 4.74 Å². The number of aromatic nitrogens is 3. The van der Waals surface area contributed by atoms with Crippen LogP contribution >= 0.6 is 11.8 Å². The van der Waals surface area contributed by atoms with Crippen LogP contribution in [0.1, 0.15) is 32.1 Å². The summed E-state index contributed by atoms with van der Waals surface area (Å²) >= 11 is 1.43. The van der Waals surface area contributed by atoms with Gasteiger partial charge in [-0.2, -0.15) is 0 Å². The molecule has 7 heteroatoms. The van der Waals surface area contributed by atoms with Gasteiger partial charge in [-0.15, -0.1) is 10.2 Å². The molecule has 6 nitrogen and oxygen atoms in total. The molecule has 1 aromatic heterocycles. The number of carbonyl (C=O) groups is 1. The van der Waals surface area contributed by atoms with Crippen molar-refractivity contribution >= 4 is 17.7 Å². The Kier molecular flexibility index (Phi) is 6.19. The van der Waals surface area contributed by atoms with Gasteiger partial charge in [-0.05, 0) is 25.0 Å². The Morgan fingerprint density at radius 3 is 2.73 bits per heavy atom. The van der Waals surface area contributed by atoms with Crippen molar-refractivity contribution in [2.45, 2.75) is 43.3 Å². The maximum atomic E-state index is 12.5. The van der Waals surface area contributed by atoms with E-state index in [4.69, 9.17) is 4.74 Å². The fourth-order valence-corrected chi connectivity index (χ4v) is 4.24. The van der Waals surface area contributed by atoms with Crippen molar-refractivity contribution in [1.82, 2.24) is 19.7 Å². The minimum absolute atomic E-state index is 0.156. The third-order valence-corrected chi connectivity index (χ3v) is 6.03. The first-order chi connectivity index (χ1) is 12.6. The van der Waals surface area contributed by atoms with Crippen LogP contribution in [0.25, 0.3) is 11.4 Å². The Balaban J connectivity index is 1.66. The van der Waals surface area contributed by atoms with Crippen LogP contribution in [0.15, 0.2) is 29.4 Å². The van der Waals surface area contributed by atoms with E-state index in [1.807, 2.05) is 47.8 Å². The predicted molar refractivity (Wildman–Crippen MR) is 103 cm³/mol. The van der Waals surface area contributed by atoms with E-state index in [1.54, 1.807) is 7.11 Å². The van der Waals surface area contributed by atoms with Crippen molar-refractivity contribution in [1.29, 1.82) is 0 Å². The highest BCUT2D eigenvalue weighted by Crippen LogP contribution is 2.30. The fraction of sp³-hybridized carbons (Fsp3) is 0.526. The van der Waals surface area contributed by atoms with E-state index in [1.165, 1.54) is 31.0 Å². The Morgan fingerprint density at radius 1 is 1.27 bits per heavy atom. The zero-order chi connectivity index (χ0) is 18.5. The van der Waals surface area contributed by atoms with Crippen LogP contribution in [0.3, 0.4) is 0 Å². The lowest BCUT2D eigenvalue weighted by Crippen LogP contribution is -2.39. The Bertz CT molecular complexity index is 756. The van der Waals surface area contributed by atoms with Gasteiger partial charge < -0.3 is 14.2 Å². The summed E-state index contributed by atoms with van der Waals surface area (Å²) in [5.74, 6) is 2.03. The molecule has 2 aromatic rings. The first-order valence-electron chi connectivity index (χ1n) is 9.03. The molecule has 0 radical (unpaired) electrons. The van der Waals surface area contributed by atoms with Gasteiger partial charge in [0.2, 0.25) is 5.91 Å². The standard InChI is InChI=1S/C19H26N4O2S/c1-22(14-9-5-4-6-10-14)17(24)13-26-19-21-20-18(23(19)2)15-11-7-8-12-16(15)25-3/h7-8,11-12,14H,4-6,9-10,13H2,1-3H3. The van der Waals surface area contributed by atoms with Gasteiger partial charge in [0.1, 0.15) is 5.75 Å². The summed E-state index contributed by atoms with van der Waals surface area (Å²) in [6, 6.07) is 8.12. The number of nitrogens with zero attached hydrogens (tertiary/aromatic N) is 4. The molecule has 0 saturated heterocycles. The summed E-state index contributed by atoms with van der Waals surface area (Å²) < 4.78 is 7.33. The summed E-state index contributed by atoms with van der Waals surface area (Å²) in [5.41, 5.74) is 0.891. The quantitative estimate of drug-likeness (QED) is 0.726. The molecule has 1 aliphatic rings. The molecule has 0 bridgehead atoms. The molecular formula is C19H26N4O2S. The number of para-hydroxylation sites is 1. The lowest BCUT2D eigenvalue weighted by molar-refractivity contribution is -0.129. The van der Waals surface area contributed by atoms with E-state index >= 15 is 0 Å². The van der Waals surface area contributed by atoms with E-state index in [9.17, 15) is 4.79 Å². The number of thioether (sulfide) groups is 1. The fourth-order valence-electron chi connectivity index (χ4n) is 3.40. The summed E-state index contributed by atoms with van der Waals surface area (Å²) in [5, 5.41) is 9.29. The molecule has 1 fully saturated rings. The van der Waals surface area contributed by atoms with Crippen LogP contribution in [-0.4, -0.2) is 51.5 Å². The normalized spacial score (nSPS) is 15.0. The molecule has 3 rings (SSSR count). The topological polar surface area (TPSA) is 60.3 Å². The number of ether oxygens (including phenoxy) is 1. The maximum absolute atomic E-state index is 12.5. The van der Waals surface area contributed by atoms with Gasteiger partial charge in [-0.3, -0.25) is 4.79 Å². The molecular weight excluding hydrogens is 348 g/mol. The molecule has 1 aromatic carbocycles. The van der Waals surface area contributed by atoms with Gasteiger partial charge in [0.25, 0.3) is 0 Å². The zero-order valence-corrected chi connectivity index (χ0v) is 16.5. The number of rotatable bonds is 6. The second-order valence-electron chi connectivity index (χ2n) is 6.65. The number of methoxy groups -OCH3 is 1. The van der Waals surface area contributed by atoms with Crippen molar-refractivity contribution < 1.29 is 9.53 Å². The summed E-state index contributed by atoms with van der Waals surface area (Å²) in [4.78, 5) is 14.5. The number of amides is 1. The highest BCUT2D eigenvalue weighted by Gasteiger charge is 2.23. The second kappa shape index (κ2) is 8.58. The highest BCUT2D eigenvalue weighted by atomic mass is 32.2. The average Bonchev–Trinajstić information content (AvgIpc) is 3.06. The van der Waals surface area contributed by atoms with E-state index in [2.05, 4.69) is 10.2 Å². The molecule has 0 spiro atoms. The maximum Gasteiger partial charge on any atom is 0.233 e. The number of benzene rings is 1. The van der Waals surface area contributed by atoms with Crippen molar-refractivity contribution in [2.24, 2.45) is 7.05 Å². The van der Waals surface area contributed by atoms with Crippen LogP contribution in [0, 0.1) is 0 Å². The molecule has 0 aliphatic heterocycles. The minimum atomic E-state index is 0.156. The molecule has 26 heavy (non-hydrogen) atoms. The Hall–Kier alpha value is -2.02. The van der Waals surface area contributed by atoms with Crippen LogP contribution in [0.5, 0.6) is 5.75 Å². The van der Waals surface area contributed by atoms with Crippen molar-refractivity contribution in [2.75, 3.05) is 19.9 Å². The molecule has 1 saturated carbocycles. The third kappa shape index (κ3) is 4.03. The molecule has 1 amide bonds. The van der Waals surface area contributed by atoms with Crippen LogP contribution in [-0.2, 0) is 11.8 Å². The third-order valence-electron chi connectivity index (χ3n) is 5.02. The smallest absolute Gasteiger partial charge is 0.233 e. The number of carbonyl (C=O) groups excluding carboxylic acids is 1. The lowest BCUT2D eigenvalue weighted by atomic mass is 9.94. The van der Waals surface area contributed by atoms with E-state index in [0.717, 1.165) is 35.1 Å². The predicted octanol–water partition coefficient (Wildman–Crippen LogP) is 3.37. The van der Waals surface area contributed by atoms with Crippen molar-refractivity contribution in [3.8, 4) is 17.1 Å². The first kappa shape index (κ1) is 18.8. The summed E-state index contributed by atoms with van der Waals surface area (Å²) in [6.45, 7) is 0. The molecule has 0 N–H and O–H groups in total. The SMILES string of the molecule is COc1ccccc1-c1nnc(SCC(=O)N(C)C2CCCCC2)n1C. The number of hydrogen-bond donors (Lipinski definition) is 0. The van der Waals surface area contributed by atoms with E-state index < -0.39 is 0 Å². The molecule has 1 heterocycles. The molecule has 0 unspecified atom stereocenters. The van der Waals surface area contributed by atoms with Crippen molar-refractivity contribution in [3.63, 3.8) is 0 Å². The second-order valence-corrected chi connectivity index (χ2v) is 7.59. The minimum Gasteiger partial charge on any atom is -0.496 e. The monoisotopic (exact) mass is 374 g/mol. The van der Waals surface area contributed by atoms with Crippen molar-refractivity contribution in [3.05, 3.63) is 24.3 Å². The van der Waals surface area contributed by atoms with Crippen LogP contribution in [0.2, 0.25) is 0 Å². The molecule has 0 atom stereocenters. The van der Waals surface area contributed by atoms with Gasteiger partial charge in [-0.1, -0.05) is 43.2 Å². The first-order valence-corrected chi connectivity index (χ1v) is 10.0. The average molecular weight is 375 g/mol. The van der Waals surface area contributed by atoms with E-state index in [-0.39, 0.29) is 5.91 Å². The summed E-state index contributed by atoms with van der Waals surface area (Å²) in [7, 11) is 5.49. The number of hydrogen-bond acceptors (Lipinski definition) is 5. The van der Waals surface area contributed by atoms with Crippen LogP contribution in [0.4, 0.5) is 0 Å². The van der Waals surface area contributed by atoms with Gasteiger partial charge in [0.15, 0.2) is 11.0 Å². The highest BCUT2D eigenvalue weighted by molar-refractivity contribution is 7.99. The summed E-state index contributed by atoms with van der Waals surface area (Å²) in [6.07, 6.45) is 5.98. The molecule has 140 valence electrons. The lowest BCUT2D eigenvalue weighted by Gasteiger charge is -2.31. The molecule has 1 aliphatic carbocycles.